The summed E-state index contributed by atoms with van der Waals surface area (Å²) in [6.07, 6.45) is -2.41. The highest BCUT2D eigenvalue weighted by atomic mass is 16.9. The lowest BCUT2D eigenvalue weighted by Gasteiger charge is -2.34. The summed E-state index contributed by atoms with van der Waals surface area (Å²) in [5, 5.41) is 20.2. The van der Waals surface area contributed by atoms with E-state index < -0.39 is 71.4 Å². The van der Waals surface area contributed by atoms with E-state index in [2.05, 4.69) is 0 Å². The number of hydrogen-bond donors (Lipinski definition) is 2. The van der Waals surface area contributed by atoms with E-state index in [4.69, 9.17) is 37.9 Å². The first-order valence-electron chi connectivity index (χ1n) is 8.93. The van der Waals surface area contributed by atoms with E-state index in [1.807, 2.05) is 0 Å². The van der Waals surface area contributed by atoms with E-state index in [1.54, 1.807) is 0 Å². The van der Waals surface area contributed by atoms with Crippen LogP contribution in [0.25, 0.3) is 0 Å². The Hall–Kier alpha value is -2.88. The fraction of sp³-hybridized carbons (Fsp3) is 0.556. The minimum Gasteiger partial charge on any atom is -0.470 e. The van der Waals surface area contributed by atoms with E-state index in [9.17, 15) is 29.4 Å². The third kappa shape index (κ3) is 3.37. The van der Waals surface area contributed by atoms with Crippen molar-refractivity contribution in [1.29, 1.82) is 0 Å². The number of rotatable bonds is 9. The van der Waals surface area contributed by atoms with Gasteiger partial charge < -0.3 is 48.1 Å². The van der Waals surface area contributed by atoms with Crippen LogP contribution in [-0.4, -0.2) is 98.7 Å². The molecule has 0 bridgehead atoms. The van der Waals surface area contributed by atoms with Gasteiger partial charge in [-0.1, -0.05) is 0 Å². The Kier molecular flexibility index (Phi) is 6.12. The molecule has 1 fully saturated rings. The first kappa shape index (κ1) is 23.8. The molecular formula is C18H20O14. The molecule has 2 N–H and O–H groups in total. The van der Waals surface area contributed by atoms with Crippen LogP contribution in [0.2, 0.25) is 0 Å². The Labute approximate surface area is 180 Å². The van der Waals surface area contributed by atoms with Gasteiger partial charge in [-0.2, -0.15) is 0 Å². The van der Waals surface area contributed by atoms with Crippen LogP contribution in [0, 0.1) is 0 Å². The molecule has 3 aliphatic heterocycles. The Bertz CT molecular complexity index is 895. The van der Waals surface area contributed by atoms with Crippen LogP contribution < -0.4 is 0 Å². The second-order valence-corrected chi connectivity index (χ2v) is 6.61. The number of aliphatic hydroxyl groups is 2. The predicted molar refractivity (Wildman–Crippen MR) is 93.6 cm³/mol. The van der Waals surface area contributed by atoms with Gasteiger partial charge in [-0.25, -0.2) is 14.4 Å². The Morgan fingerprint density at radius 3 is 1.88 bits per heavy atom. The molecule has 3 heterocycles. The average Bonchev–Trinajstić information content (AvgIpc) is 3.40. The van der Waals surface area contributed by atoms with Crippen molar-refractivity contribution < 1.29 is 67.3 Å². The van der Waals surface area contributed by atoms with Gasteiger partial charge in [0.05, 0.1) is 18.3 Å². The largest absolute Gasteiger partial charge is 0.470 e. The van der Waals surface area contributed by atoms with Gasteiger partial charge >= 0.3 is 29.9 Å². The van der Waals surface area contributed by atoms with Gasteiger partial charge in [0.15, 0.2) is 0 Å². The summed E-state index contributed by atoms with van der Waals surface area (Å²) in [4.78, 5) is 49.7. The fourth-order valence-corrected chi connectivity index (χ4v) is 3.38. The van der Waals surface area contributed by atoms with Gasteiger partial charge in [-0.05, 0) is 0 Å². The molecule has 3 rings (SSSR count). The maximum absolute atomic E-state index is 12.6. The summed E-state index contributed by atoms with van der Waals surface area (Å²) in [6, 6.07) is 0. The highest BCUT2D eigenvalue weighted by Gasteiger charge is 2.68. The van der Waals surface area contributed by atoms with Crippen LogP contribution in [0.4, 0.5) is 0 Å². The number of carbonyl (C=O) groups is 4. The van der Waals surface area contributed by atoms with Crippen LogP contribution in [0.5, 0.6) is 0 Å². The lowest BCUT2D eigenvalue weighted by molar-refractivity contribution is -0.305. The van der Waals surface area contributed by atoms with Crippen molar-refractivity contribution >= 4 is 23.7 Å². The van der Waals surface area contributed by atoms with Crippen LogP contribution in [0.1, 0.15) is 0 Å². The van der Waals surface area contributed by atoms with Crippen molar-refractivity contribution in [1.82, 2.24) is 0 Å². The van der Waals surface area contributed by atoms with Crippen molar-refractivity contribution in [3.63, 3.8) is 0 Å². The van der Waals surface area contributed by atoms with Gasteiger partial charge in [-0.15, -0.1) is 0 Å². The molecule has 0 spiro atoms. The lowest BCUT2D eigenvalue weighted by Crippen LogP contribution is -2.56. The quantitative estimate of drug-likeness (QED) is 0.158. The van der Waals surface area contributed by atoms with Crippen molar-refractivity contribution in [2.24, 2.45) is 0 Å². The Morgan fingerprint density at radius 1 is 0.875 bits per heavy atom. The summed E-state index contributed by atoms with van der Waals surface area (Å²) in [5.74, 6) is -9.98. The zero-order valence-electron chi connectivity index (χ0n) is 17.3. The number of aliphatic hydroxyl groups excluding tert-OH is 2. The van der Waals surface area contributed by atoms with Crippen molar-refractivity contribution in [3.8, 4) is 0 Å². The van der Waals surface area contributed by atoms with Crippen molar-refractivity contribution in [2.75, 3.05) is 35.0 Å². The van der Waals surface area contributed by atoms with Gasteiger partial charge in [0.2, 0.25) is 17.5 Å². The SMILES string of the molecule is COC1(OC)C=C(OC2C(=O)C(=O)O[C@]2(C2=CC(OC)(OC)OC2=O)[C@@H](O)CO)C(=O)O1. The summed E-state index contributed by atoms with van der Waals surface area (Å²) >= 11 is 0. The molecule has 14 nitrogen and oxygen atoms in total. The first-order chi connectivity index (χ1) is 15.1. The third-order valence-electron chi connectivity index (χ3n) is 5.08. The summed E-state index contributed by atoms with van der Waals surface area (Å²) < 4.78 is 40.2. The predicted octanol–water partition coefficient (Wildman–Crippen LogP) is -2.59. The molecule has 1 unspecified atom stereocenters. The monoisotopic (exact) mass is 460 g/mol. The van der Waals surface area contributed by atoms with E-state index in [0.717, 1.165) is 40.6 Å². The lowest BCUT2D eigenvalue weighted by atomic mass is 9.82. The molecule has 0 radical (unpaired) electrons. The Morgan fingerprint density at radius 2 is 1.41 bits per heavy atom. The zero-order chi connectivity index (χ0) is 23.9. The van der Waals surface area contributed by atoms with Crippen LogP contribution in [0.3, 0.4) is 0 Å². The summed E-state index contributed by atoms with van der Waals surface area (Å²) in [6.45, 7) is -1.10. The molecule has 0 aromatic heterocycles. The van der Waals surface area contributed by atoms with E-state index in [-0.39, 0.29) is 0 Å². The Balaban J connectivity index is 2.13. The van der Waals surface area contributed by atoms with E-state index in [1.165, 1.54) is 0 Å². The molecule has 176 valence electrons. The zero-order valence-corrected chi connectivity index (χ0v) is 17.3. The first-order valence-corrected chi connectivity index (χ1v) is 8.93. The molecule has 0 aliphatic carbocycles. The fourth-order valence-electron chi connectivity index (χ4n) is 3.38. The minimum absolute atomic E-state index is 0.635. The third-order valence-corrected chi connectivity index (χ3v) is 5.08. The van der Waals surface area contributed by atoms with Crippen LogP contribution in [0.15, 0.2) is 23.5 Å². The highest BCUT2D eigenvalue weighted by molar-refractivity contribution is 6.38. The maximum Gasteiger partial charge on any atom is 0.380 e. The van der Waals surface area contributed by atoms with E-state index in [0.29, 0.717) is 0 Å². The molecule has 1 saturated heterocycles. The highest BCUT2D eigenvalue weighted by Crippen LogP contribution is 2.44. The average molecular weight is 460 g/mol. The number of Topliss-reactive ketones (excluding diaryl/α,β-unsaturated/α-hetero) is 1. The second-order valence-electron chi connectivity index (χ2n) is 6.61. The number of hydrogen-bond acceptors (Lipinski definition) is 14. The van der Waals surface area contributed by atoms with Gasteiger partial charge in [-0.3, -0.25) is 4.79 Å². The van der Waals surface area contributed by atoms with E-state index >= 15 is 0 Å². The normalized spacial score (nSPS) is 29.2. The maximum atomic E-state index is 12.6. The minimum atomic E-state index is -2.63. The van der Waals surface area contributed by atoms with Gasteiger partial charge in [0.25, 0.3) is 5.78 Å². The van der Waals surface area contributed by atoms with Crippen LogP contribution in [-0.2, 0) is 57.1 Å². The number of methoxy groups -OCH3 is 4. The van der Waals surface area contributed by atoms with Gasteiger partial charge in [0.1, 0.15) is 6.10 Å². The van der Waals surface area contributed by atoms with Gasteiger partial charge in [0, 0.05) is 34.5 Å². The molecule has 0 saturated carbocycles. The molecular weight excluding hydrogens is 440 g/mol. The molecule has 3 atom stereocenters. The van der Waals surface area contributed by atoms with Crippen LogP contribution >= 0.6 is 0 Å². The summed E-state index contributed by atoms with van der Waals surface area (Å²) in [7, 11) is 4.55. The molecule has 0 amide bonds. The molecule has 0 aromatic rings. The smallest absolute Gasteiger partial charge is 0.380 e. The second kappa shape index (κ2) is 8.23. The molecule has 0 aromatic carbocycles. The topological polar surface area (TPSA) is 183 Å². The molecule has 14 heteroatoms. The number of carbonyl (C=O) groups excluding carboxylic acids is 4. The molecule has 3 aliphatic rings. The number of esters is 3. The number of ether oxygens (including phenoxy) is 8. The summed E-state index contributed by atoms with van der Waals surface area (Å²) in [5.41, 5.74) is -3.27. The molecule has 32 heavy (non-hydrogen) atoms. The number of cyclic esters (lactones) is 3. The number of ketones is 1. The standard InChI is InChI=1S/C18H20O14/c1-25-16(26-2)5-8(13(22)30-16)18(10(20)7-19)12(11(21)15(24)32-18)29-9-6-17(27-3,28-4)31-14(9)23/h5-6,10,12,19-20H,7H2,1-4H3/t10-,12?,18+/m0/s1. The van der Waals surface area contributed by atoms with Crippen molar-refractivity contribution in [3.05, 3.63) is 23.5 Å². The van der Waals surface area contributed by atoms with Crippen molar-refractivity contribution in [2.45, 2.75) is 29.8 Å².